The average Bonchev–Trinajstić information content (AvgIpc) is 3.03. The van der Waals surface area contributed by atoms with Gasteiger partial charge in [-0.1, -0.05) is 12.1 Å². The predicted molar refractivity (Wildman–Crippen MR) is 90.4 cm³/mol. The number of aromatic nitrogens is 1. The van der Waals surface area contributed by atoms with Gasteiger partial charge in [-0.25, -0.2) is 4.79 Å². The molecule has 0 saturated carbocycles. The molecule has 0 bridgehead atoms. The molecule has 0 radical (unpaired) electrons. The number of ether oxygens (including phenoxy) is 3. The molecule has 2 aromatic carbocycles. The molecule has 0 aliphatic rings. The van der Waals surface area contributed by atoms with Crippen LogP contribution in [0.15, 0.2) is 36.4 Å². The zero-order valence-corrected chi connectivity index (χ0v) is 13.5. The largest absolute Gasteiger partial charge is 0.493 e. The van der Waals surface area contributed by atoms with E-state index in [2.05, 4.69) is 4.98 Å². The minimum Gasteiger partial charge on any atom is -0.493 e. The highest BCUT2D eigenvalue weighted by atomic mass is 16.5. The first-order valence-corrected chi connectivity index (χ1v) is 7.24. The summed E-state index contributed by atoms with van der Waals surface area (Å²) in [6.45, 7) is 0. The maximum Gasteiger partial charge on any atom is 0.352 e. The summed E-state index contributed by atoms with van der Waals surface area (Å²) in [5.74, 6) is 0.653. The number of benzene rings is 2. The summed E-state index contributed by atoms with van der Waals surface area (Å²) in [5.41, 5.74) is 2.59. The van der Waals surface area contributed by atoms with Crippen LogP contribution in [0.4, 0.5) is 0 Å². The van der Waals surface area contributed by atoms with Gasteiger partial charge in [0.05, 0.1) is 21.3 Å². The fraction of sp³-hybridized carbons (Fsp3) is 0.167. The summed E-state index contributed by atoms with van der Waals surface area (Å²) in [4.78, 5) is 14.0. The monoisotopic (exact) mass is 327 g/mol. The van der Waals surface area contributed by atoms with Crippen molar-refractivity contribution in [2.75, 3.05) is 21.3 Å². The van der Waals surface area contributed by atoms with E-state index in [1.54, 1.807) is 33.5 Å². The van der Waals surface area contributed by atoms with E-state index in [1.807, 2.05) is 24.3 Å². The van der Waals surface area contributed by atoms with Crippen molar-refractivity contribution in [3.63, 3.8) is 0 Å². The molecular formula is C18H17NO5. The van der Waals surface area contributed by atoms with Crippen molar-refractivity contribution in [2.24, 2.45) is 0 Å². The fourth-order valence-electron chi connectivity index (χ4n) is 2.74. The van der Waals surface area contributed by atoms with E-state index >= 15 is 0 Å². The van der Waals surface area contributed by atoms with Crippen LogP contribution in [0, 0.1) is 0 Å². The number of rotatable bonds is 5. The van der Waals surface area contributed by atoms with Gasteiger partial charge < -0.3 is 24.3 Å². The Labute approximate surface area is 138 Å². The number of carboxylic acid groups (broad SMARTS) is 1. The minimum absolute atomic E-state index is 0.154. The Morgan fingerprint density at radius 3 is 2.33 bits per heavy atom. The van der Waals surface area contributed by atoms with Crippen molar-refractivity contribution in [2.45, 2.75) is 0 Å². The van der Waals surface area contributed by atoms with Gasteiger partial charge in [0.15, 0.2) is 11.5 Å². The zero-order chi connectivity index (χ0) is 17.3. The van der Waals surface area contributed by atoms with Gasteiger partial charge in [-0.15, -0.1) is 0 Å². The van der Waals surface area contributed by atoms with E-state index < -0.39 is 5.97 Å². The van der Waals surface area contributed by atoms with Gasteiger partial charge in [0, 0.05) is 16.5 Å². The Bertz CT molecular complexity index is 913. The minimum atomic E-state index is -0.989. The van der Waals surface area contributed by atoms with E-state index in [0.717, 1.165) is 22.0 Å². The summed E-state index contributed by atoms with van der Waals surface area (Å²) >= 11 is 0. The van der Waals surface area contributed by atoms with Crippen LogP contribution in [0.3, 0.4) is 0 Å². The number of hydrogen-bond acceptors (Lipinski definition) is 4. The van der Waals surface area contributed by atoms with Crippen molar-refractivity contribution in [3.8, 4) is 28.4 Å². The standard InChI is InChI=1S/C18H17NO5/c1-22-15-7-6-12(16(23-2)17(15)24-3)10-4-5-11-9-14(18(20)21)19-13(11)8-10/h4-9,19H,1-3H3,(H,20,21). The maximum atomic E-state index is 11.1. The molecule has 0 fully saturated rings. The number of aromatic carboxylic acids is 1. The second-order valence-corrected chi connectivity index (χ2v) is 5.17. The first-order chi connectivity index (χ1) is 11.6. The molecule has 6 heteroatoms. The number of H-pyrrole nitrogens is 1. The summed E-state index contributed by atoms with van der Waals surface area (Å²) in [7, 11) is 4.68. The van der Waals surface area contributed by atoms with Crippen LogP contribution in [0.25, 0.3) is 22.0 Å². The van der Waals surface area contributed by atoms with Gasteiger partial charge in [0.25, 0.3) is 0 Å². The van der Waals surface area contributed by atoms with Gasteiger partial charge in [0.2, 0.25) is 5.75 Å². The zero-order valence-electron chi connectivity index (χ0n) is 13.5. The first-order valence-electron chi connectivity index (χ1n) is 7.24. The Balaban J connectivity index is 2.17. The third kappa shape index (κ3) is 2.52. The SMILES string of the molecule is COc1ccc(-c2ccc3cc(C(=O)O)[nH]c3c2)c(OC)c1OC. The number of hydrogen-bond donors (Lipinski definition) is 2. The Morgan fingerprint density at radius 1 is 0.958 bits per heavy atom. The van der Waals surface area contributed by atoms with E-state index in [1.165, 1.54) is 0 Å². The normalized spacial score (nSPS) is 10.6. The number of fused-ring (bicyclic) bond motifs is 1. The highest BCUT2D eigenvalue weighted by molar-refractivity contribution is 5.95. The summed E-state index contributed by atoms with van der Waals surface area (Å²) in [6.07, 6.45) is 0. The van der Waals surface area contributed by atoms with E-state index in [0.29, 0.717) is 17.2 Å². The van der Waals surface area contributed by atoms with E-state index in [9.17, 15) is 4.79 Å². The van der Waals surface area contributed by atoms with Crippen molar-refractivity contribution in [1.29, 1.82) is 0 Å². The molecule has 0 saturated heterocycles. The van der Waals surface area contributed by atoms with Crippen molar-refractivity contribution < 1.29 is 24.1 Å². The lowest BCUT2D eigenvalue weighted by Gasteiger charge is -2.16. The molecule has 2 N–H and O–H groups in total. The Kier molecular flexibility index (Phi) is 4.04. The van der Waals surface area contributed by atoms with Gasteiger partial charge in [0.1, 0.15) is 5.69 Å². The molecule has 0 amide bonds. The van der Waals surface area contributed by atoms with Crippen LogP contribution in [0.2, 0.25) is 0 Å². The number of nitrogens with one attached hydrogen (secondary N) is 1. The quantitative estimate of drug-likeness (QED) is 0.749. The molecule has 1 aromatic heterocycles. The van der Waals surface area contributed by atoms with Gasteiger partial charge >= 0.3 is 5.97 Å². The lowest BCUT2D eigenvalue weighted by atomic mass is 10.0. The summed E-state index contributed by atoms with van der Waals surface area (Å²) in [6, 6.07) is 10.9. The molecule has 0 aliphatic heterocycles. The van der Waals surface area contributed by atoms with Crippen LogP contribution in [0.5, 0.6) is 17.2 Å². The lowest BCUT2D eigenvalue weighted by Crippen LogP contribution is -1.97. The third-order valence-electron chi connectivity index (χ3n) is 3.87. The van der Waals surface area contributed by atoms with Crippen molar-refractivity contribution in [1.82, 2.24) is 4.98 Å². The molecule has 3 aromatic rings. The molecule has 0 spiro atoms. The topological polar surface area (TPSA) is 80.8 Å². The van der Waals surface area contributed by atoms with Gasteiger partial charge in [-0.05, 0) is 29.8 Å². The first kappa shape index (κ1) is 15.7. The van der Waals surface area contributed by atoms with Crippen LogP contribution in [-0.2, 0) is 0 Å². The summed E-state index contributed by atoms with van der Waals surface area (Å²) < 4.78 is 16.2. The van der Waals surface area contributed by atoms with Crippen LogP contribution < -0.4 is 14.2 Å². The summed E-state index contributed by atoms with van der Waals surface area (Å²) in [5, 5.41) is 9.93. The van der Waals surface area contributed by atoms with Crippen LogP contribution in [0.1, 0.15) is 10.5 Å². The smallest absolute Gasteiger partial charge is 0.352 e. The molecule has 1 heterocycles. The number of carbonyl (C=O) groups is 1. The van der Waals surface area contributed by atoms with Gasteiger partial charge in [-0.2, -0.15) is 0 Å². The second kappa shape index (κ2) is 6.16. The molecule has 0 atom stereocenters. The highest BCUT2D eigenvalue weighted by Crippen LogP contribution is 2.44. The van der Waals surface area contributed by atoms with Gasteiger partial charge in [-0.3, -0.25) is 0 Å². The fourth-order valence-corrected chi connectivity index (χ4v) is 2.74. The van der Waals surface area contributed by atoms with E-state index in [-0.39, 0.29) is 5.69 Å². The number of carboxylic acids is 1. The maximum absolute atomic E-state index is 11.1. The van der Waals surface area contributed by atoms with Crippen molar-refractivity contribution >= 4 is 16.9 Å². The molecule has 24 heavy (non-hydrogen) atoms. The second-order valence-electron chi connectivity index (χ2n) is 5.17. The molecule has 124 valence electrons. The van der Waals surface area contributed by atoms with Crippen LogP contribution in [-0.4, -0.2) is 37.4 Å². The number of methoxy groups -OCH3 is 3. The molecule has 6 nitrogen and oxygen atoms in total. The molecule has 3 rings (SSSR count). The van der Waals surface area contributed by atoms with E-state index in [4.69, 9.17) is 19.3 Å². The van der Waals surface area contributed by atoms with Crippen LogP contribution >= 0.6 is 0 Å². The third-order valence-corrected chi connectivity index (χ3v) is 3.87. The van der Waals surface area contributed by atoms with Crippen molar-refractivity contribution in [3.05, 3.63) is 42.1 Å². The Hall–Kier alpha value is -3.15. The molecule has 0 unspecified atom stereocenters. The predicted octanol–water partition coefficient (Wildman–Crippen LogP) is 3.56. The Morgan fingerprint density at radius 2 is 1.71 bits per heavy atom. The highest BCUT2D eigenvalue weighted by Gasteiger charge is 2.17. The number of aromatic amines is 1. The lowest BCUT2D eigenvalue weighted by molar-refractivity contribution is 0.0691. The average molecular weight is 327 g/mol. The molecule has 0 aliphatic carbocycles. The molecular weight excluding hydrogens is 310 g/mol.